The number of hydrogen-bond donors (Lipinski definition) is 2. The van der Waals surface area contributed by atoms with Crippen molar-refractivity contribution in [1.82, 2.24) is 5.32 Å². The summed E-state index contributed by atoms with van der Waals surface area (Å²) < 4.78 is 0. The first kappa shape index (κ1) is 9.01. The van der Waals surface area contributed by atoms with E-state index in [-0.39, 0.29) is 24.4 Å². The van der Waals surface area contributed by atoms with Gasteiger partial charge in [0.05, 0.1) is 6.07 Å². The zero-order chi connectivity index (χ0) is 8.97. The first-order chi connectivity index (χ1) is 5.74. The van der Waals surface area contributed by atoms with Crippen LogP contribution in [-0.4, -0.2) is 18.5 Å². The molecule has 0 radical (unpaired) electrons. The first-order valence-electron chi connectivity index (χ1n) is 4.14. The smallest absolute Gasteiger partial charge is 0.223 e. The topological polar surface area (TPSA) is 78.9 Å². The Kier molecular flexibility index (Phi) is 3.06. The Morgan fingerprint density at radius 1 is 1.67 bits per heavy atom. The lowest BCUT2D eigenvalue weighted by Gasteiger charge is -2.07. The number of rotatable bonds is 2. The summed E-state index contributed by atoms with van der Waals surface area (Å²) in [5, 5.41) is 10.8. The number of amides is 1. The lowest BCUT2D eigenvalue weighted by atomic mass is 10.1. The van der Waals surface area contributed by atoms with E-state index in [0.717, 1.165) is 19.3 Å². The van der Waals surface area contributed by atoms with E-state index in [0.29, 0.717) is 0 Å². The standard InChI is InChI=1S/C8H13N3O/c9-3-4-11-8(12)6-1-2-7(10)5-6/h6-7H,1-2,4-5,10H2,(H,11,12). The molecule has 1 amide bonds. The van der Waals surface area contributed by atoms with E-state index in [1.807, 2.05) is 6.07 Å². The molecule has 2 unspecified atom stereocenters. The van der Waals surface area contributed by atoms with Crippen molar-refractivity contribution < 1.29 is 4.79 Å². The number of nitrogens with one attached hydrogen (secondary N) is 1. The van der Waals surface area contributed by atoms with Gasteiger partial charge < -0.3 is 11.1 Å². The van der Waals surface area contributed by atoms with E-state index >= 15 is 0 Å². The number of carbonyl (C=O) groups excluding carboxylic acids is 1. The van der Waals surface area contributed by atoms with Crippen molar-refractivity contribution in [1.29, 1.82) is 5.26 Å². The van der Waals surface area contributed by atoms with Crippen LogP contribution in [-0.2, 0) is 4.79 Å². The van der Waals surface area contributed by atoms with Crippen LogP contribution in [0.25, 0.3) is 0 Å². The van der Waals surface area contributed by atoms with Crippen LogP contribution >= 0.6 is 0 Å². The average Bonchev–Trinajstić information content (AvgIpc) is 2.47. The van der Waals surface area contributed by atoms with Crippen LogP contribution in [0.15, 0.2) is 0 Å². The highest BCUT2D eigenvalue weighted by Crippen LogP contribution is 2.23. The van der Waals surface area contributed by atoms with Crippen LogP contribution in [0, 0.1) is 17.2 Å². The molecule has 1 aliphatic rings. The van der Waals surface area contributed by atoms with Gasteiger partial charge in [0.2, 0.25) is 5.91 Å². The molecule has 0 bridgehead atoms. The van der Waals surface area contributed by atoms with Crippen molar-refractivity contribution in [3.8, 4) is 6.07 Å². The van der Waals surface area contributed by atoms with Crippen molar-refractivity contribution in [3.63, 3.8) is 0 Å². The second-order valence-corrected chi connectivity index (χ2v) is 3.15. The molecule has 66 valence electrons. The van der Waals surface area contributed by atoms with Gasteiger partial charge in [0.15, 0.2) is 0 Å². The zero-order valence-electron chi connectivity index (χ0n) is 6.92. The van der Waals surface area contributed by atoms with Gasteiger partial charge in [-0.2, -0.15) is 5.26 Å². The third kappa shape index (κ3) is 2.21. The number of nitrogens with zero attached hydrogens (tertiary/aromatic N) is 1. The maximum Gasteiger partial charge on any atom is 0.223 e. The molecule has 1 rings (SSSR count). The quantitative estimate of drug-likeness (QED) is 0.557. The summed E-state index contributed by atoms with van der Waals surface area (Å²) in [6.45, 7) is 0.102. The Labute approximate surface area is 71.7 Å². The lowest BCUT2D eigenvalue weighted by molar-refractivity contribution is -0.124. The monoisotopic (exact) mass is 167 g/mol. The van der Waals surface area contributed by atoms with E-state index < -0.39 is 0 Å². The van der Waals surface area contributed by atoms with Gasteiger partial charge in [-0.05, 0) is 19.3 Å². The van der Waals surface area contributed by atoms with Gasteiger partial charge >= 0.3 is 0 Å². The summed E-state index contributed by atoms with van der Waals surface area (Å²) in [5.41, 5.74) is 5.65. The molecule has 3 N–H and O–H groups in total. The van der Waals surface area contributed by atoms with E-state index in [1.54, 1.807) is 0 Å². The van der Waals surface area contributed by atoms with Gasteiger partial charge in [0.25, 0.3) is 0 Å². The maximum atomic E-state index is 11.2. The summed E-state index contributed by atoms with van der Waals surface area (Å²) in [6.07, 6.45) is 2.54. The molecule has 0 aromatic carbocycles. The van der Waals surface area contributed by atoms with E-state index in [4.69, 9.17) is 11.0 Å². The summed E-state index contributed by atoms with van der Waals surface area (Å²) >= 11 is 0. The Hall–Kier alpha value is -1.08. The molecule has 0 aromatic heterocycles. The molecule has 1 saturated carbocycles. The summed E-state index contributed by atoms with van der Waals surface area (Å²) in [6, 6.07) is 2.04. The van der Waals surface area contributed by atoms with Crippen LogP contribution in [0.2, 0.25) is 0 Å². The number of nitriles is 1. The zero-order valence-corrected chi connectivity index (χ0v) is 6.92. The fraction of sp³-hybridized carbons (Fsp3) is 0.750. The SMILES string of the molecule is N#CCNC(=O)C1CCC(N)C1. The molecule has 0 heterocycles. The maximum absolute atomic E-state index is 11.2. The minimum Gasteiger partial charge on any atom is -0.343 e. The Morgan fingerprint density at radius 2 is 2.42 bits per heavy atom. The molecule has 0 aromatic rings. The molecule has 0 spiro atoms. The highest BCUT2D eigenvalue weighted by atomic mass is 16.1. The van der Waals surface area contributed by atoms with Gasteiger partial charge in [-0.15, -0.1) is 0 Å². The van der Waals surface area contributed by atoms with Gasteiger partial charge in [-0.25, -0.2) is 0 Å². The number of hydrogen-bond acceptors (Lipinski definition) is 3. The summed E-state index contributed by atoms with van der Waals surface area (Å²) in [5.74, 6) is 0.0119. The Morgan fingerprint density at radius 3 is 2.92 bits per heavy atom. The molecule has 1 fully saturated rings. The highest BCUT2D eigenvalue weighted by Gasteiger charge is 2.27. The molecule has 12 heavy (non-hydrogen) atoms. The van der Waals surface area contributed by atoms with Crippen LogP contribution in [0.4, 0.5) is 0 Å². The fourth-order valence-electron chi connectivity index (χ4n) is 1.53. The molecule has 1 aliphatic carbocycles. The van der Waals surface area contributed by atoms with Gasteiger partial charge in [0.1, 0.15) is 6.54 Å². The number of nitrogens with two attached hydrogens (primary N) is 1. The second-order valence-electron chi connectivity index (χ2n) is 3.15. The van der Waals surface area contributed by atoms with Gasteiger partial charge in [-0.1, -0.05) is 0 Å². The molecular weight excluding hydrogens is 154 g/mol. The van der Waals surface area contributed by atoms with Crippen LogP contribution in [0.5, 0.6) is 0 Å². The average molecular weight is 167 g/mol. The minimum absolute atomic E-state index is 0.0236. The van der Waals surface area contributed by atoms with Crippen LogP contribution < -0.4 is 11.1 Å². The van der Waals surface area contributed by atoms with Crippen molar-refractivity contribution >= 4 is 5.91 Å². The lowest BCUT2D eigenvalue weighted by Crippen LogP contribution is -2.30. The summed E-state index contributed by atoms with van der Waals surface area (Å²) in [4.78, 5) is 11.2. The van der Waals surface area contributed by atoms with E-state index in [9.17, 15) is 4.79 Å². The van der Waals surface area contributed by atoms with Crippen molar-refractivity contribution in [2.45, 2.75) is 25.3 Å². The van der Waals surface area contributed by atoms with E-state index in [1.165, 1.54) is 0 Å². The van der Waals surface area contributed by atoms with Crippen molar-refractivity contribution in [2.24, 2.45) is 11.7 Å². The normalized spacial score (nSPS) is 28.0. The van der Waals surface area contributed by atoms with Crippen LogP contribution in [0.1, 0.15) is 19.3 Å². The second kappa shape index (κ2) is 4.07. The Bertz CT molecular complexity index is 209. The van der Waals surface area contributed by atoms with Gasteiger partial charge in [0, 0.05) is 12.0 Å². The predicted octanol–water partition coefficient (Wildman–Crippen LogP) is -0.246. The molecule has 4 nitrogen and oxygen atoms in total. The fourth-order valence-corrected chi connectivity index (χ4v) is 1.53. The van der Waals surface area contributed by atoms with Crippen molar-refractivity contribution in [3.05, 3.63) is 0 Å². The first-order valence-corrected chi connectivity index (χ1v) is 4.14. The largest absolute Gasteiger partial charge is 0.343 e. The molecule has 0 aliphatic heterocycles. The molecule has 4 heteroatoms. The third-order valence-electron chi connectivity index (χ3n) is 2.19. The van der Waals surface area contributed by atoms with Crippen LogP contribution in [0.3, 0.4) is 0 Å². The number of carbonyl (C=O) groups is 1. The highest BCUT2D eigenvalue weighted by molar-refractivity contribution is 5.79. The summed E-state index contributed by atoms with van der Waals surface area (Å²) in [7, 11) is 0. The minimum atomic E-state index is -0.0236. The van der Waals surface area contributed by atoms with E-state index in [2.05, 4.69) is 5.32 Å². The van der Waals surface area contributed by atoms with Gasteiger partial charge in [-0.3, -0.25) is 4.79 Å². The molecular formula is C8H13N3O. The molecule has 2 atom stereocenters. The molecule has 0 saturated heterocycles. The Balaban J connectivity index is 2.29. The third-order valence-corrected chi connectivity index (χ3v) is 2.19. The predicted molar refractivity (Wildman–Crippen MR) is 43.9 cm³/mol. The van der Waals surface area contributed by atoms with Crippen molar-refractivity contribution in [2.75, 3.05) is 6.54 Å².